The van der Waals surface area contributed by atoms with Crippen LogP contribution in [0.15, 0.2) is 53.1 Å². The molecule has 5 nitrogen and oxygen atoms in total. The van der Waals surface area contributed by atoms with Gasteiger partial charge in [0.1, 0.15) is 11.3 Å². The van der Waals surface area contributed by atoms with Crippen LogP contribution in [0, 0.1) is 12.8 Å². The third-order valence-electron chi connectivity index (χ3n) is 4.82. The quantitative estimate of drug-likeness (QED) is 0.766. The van der Waals surface area contributed by atoms with Crippen LogP contribution in [-0.2, 0) is 0 Å². The van der Waals surface area contributed by atoms with Crippen molar-refractivity contribution in [2.45, 2.75) is 31.9 Å². The number of aromatic nitrogens is 1. The van der Waals surface area contributed by atoms with Crippen LogP contribution < -0.4 is 5.32 Å². The fourth-order valence-corrected chi connectivity index (χ4v) is 3.44. The average Bonchev–Trinajstić information content (AvgIpc) is 2.97. The maximum atomic E-state index is 12.8. The maximum Gasteiger partial charge on any atom is 0.251 e. The number of carbonyl (C=O) groups is 1. The number of carbonyl (C=O) groups excluding carboxylic acids is 1. The molecule has 1 aliphatic rings. The van der Waals surface area contributed by atoms with Gasteiger partial charge in [0.25, 0.3) is 5.91 Å². The van der Waals surface area contributed by atoms with E-state index >= 15 is 0 Å². The van der Waals surface area contributed by atoms with Crippen LogP contribution in [-0.4, -0.2) is 22.1 Å². The predicted octanol–water partition coefficient (Wildman–Crippen LogP) is 3.38. The number of hydrogen-bond acceptors (Lipinski definition) is 4. The zero-order chi connectivity index (χ0) is 17.4. The summed E-state index contributed by atoms with van der Waals surface area (Å²) in [5.41, 5.74) is 2.19. The van der Waals surface area contributed by atoms with Gasteiger partial charge in [-0.15, -0.1) is 0 Å². The number of furan rings is 1. The molecule has 3 aromatic rings. The number of pyridine rings is 1. The van der Waals surface area contributed by atoms with Gasteiger partial charge >= 0.3 is 0 Å². The molecular weight excluding hydrogens is 316 g/mol. The van der Waals surface area contributed by atoms with Crippen LogP contribution in [0.4, 0.5) is 0 Å². The molecular formula is C20H20N2O3. The van der Waals surface area contributed by atoms with E-state index in [4.69, 9.17) is 4.42 Å². The lowest BCUT2D eigenvalue weighted by atomic mass is 9.76. The number of nitrogens with one attached hydrogen (secondary N) is 1. The van der Waals surface area contributed by atoms with Gasteiger partial charge < -0.3 is 14.8 Å². The first-order valence-corrected chi connectivity index (χ1v) is 8.50. The lowest BCUT2D eigenvalue weighted by Crippen LogP contribution is -2.41. The Morgan fingerprint density at radius 3 is 2.84 bits per heavy atom. The smallest absolute Gasteiger partial charge is 0.251 e. The van der Waals surface area contributed by atoms with Gasteiger partial charge in [-0.05, 0) is 62.1 Å². The Kier molecular flexibility index (Phi) is 4.01. The van der Waals surface area contributed by atoms with Crippen molar-refractivity contribution in [3.63, 3.8) is 0 Å². The molecule has 4 rings (SSSR count). The van der Waals surface area contributed by atoms with Gasteiger partial charge in [0, 0.05) is 17.1 Å². The molecule has 0 saturated heterocycles. The highest BCUT2D eigenvalue weighted by Crippen LogP contribution is 2.37. The fraction of sp³-hybridized carbons (Fsp3) is 0.300. The highest BCUT2D eigenvalue weighted by molar-refractivity contribution is 5.98. The number of aliphatic hydroxyl groups excluding tert-OH is 1. The van der Waals surface area contributed by atoms with Gasteiger partial charge in [0.2, 0.25) is 0 Å². The van der Waals surface area contributed by atoms with E-state index < -0.39 is 0 Å². The second kappa shape index (κ2) is 6.33. The van der Waals surface area contributed by atoms with Crippen molar-refractivity contribution < 1.29 is 14.3 Å². The van der Waals surface area contributed by atoms with Crippen LogP contribution in [0.3, 0.4) is 0 Å². The Hall–Kier alpha value is -2.66. The minimum Gasteiger partial charge on any atom is -0.461 e. The number of hydrogen-bond donors (Lipinski definition) is 2. The summed E-state index contributed by atoms with van der Waals surface area (Å²) in [6, 6.07) is 12.8. The lowest BCUT2D eigenvalue weighted by molar-refractivity contribution is 0.0228. The molecule has 0 aliphatic heterocycles. The first kappa shape index (κ1) is 15.8. The average molecular weight is 336 g/mol. The molecule has 1 aromatic carbocycles. The van der Waals surface area contributed by atoms with Crippen LogP contribution in [0.1, 0.15) is 40.7 Å². The number of aliphatic hydroxyl groups is 1. The first-order valence-electron chi connectivity index (χ1n) is 8.50. The number of amides is 1. The maximum absolute atomic E-state index is 12.8. The predicted molar refractivity (Wildman–Crippen MR) is 94.1 cm³/mol. The van der Waals surface area contributed by atoms with Gasteiger partial charge in [0.05, 0.1) is 17.8 Å². The van der Waals surface area contributed by atoms with Crippen molar-refractivity contribution in [2.24, 2.45) is 5.92 Å². The van der Waals surface area contributed by atoms with Crippen molar-refractivity contribution in [1.82, 2.24) is 10.3 Å². The summed E-state index contributed by atoms with van der Waals surface area (Å²) in [5.74, 6) is 0.883. The number of rotatable bonds is 4. The van der Waals surface area contributed by atoms with E-state index in [9.17, 15) is 9.90 Å². The molecule has 0 unspecified atom stereocenters. The molecule has 2 N–H and O–H groups in total. The third kappa shape index (κ3) is 3.15. The molecule has 0 radical (unpaired) electrons. The van der Waals surface area contributed by atoms with Gasteiger partial charge in [-0.2, -0.15) is 0 Å². The molecule has 1 fully saturated rings. The molecule has 25 heavy (non-hydrogen) atoms. The van der Waals surface area contributed by atoms with E-state index in [1.807, 2.05) is 43.3 Å². The van der Waals surface area contributed by atoms with Crippen LogP contribution in [0.5, 0.6) is 0 Å². The van der Waals surface area contributed by atoms with E-state index in [2.05, 4.69) is 10.3 Å². The van der Waals surface area contributed by atoms with Gasteiger partial charge in [-0.1, -0.05) is 6.07 Å². The summed E-state index contributed by atoms with van der Waals surface area (Å²) in [7, 11) is 0. The highest BCUT2D eigenvalue weighted by Gasteiger charge is 2.36. The molecule has 2 aromatic heterocycles. The molecule has 0 bridgehead atoms. The second-order valence-electron chi connectivity index (χ2n) is 6.70. The van der Waals surface area contributed by atoms with Gasteiger partial charge in [0.15, 0.2) is 0 Å². The summed E-state index contributed by atoms with van der Waals surface area (Å²) >= 11 is 0. The number of benzene rings is 1. The van der Waals surface area contributed by atoms with Crippen molar-refractivity contribution in [2.75, 3.05) is 0 Å². The second-order valence-corrected chi connectivity index (χ2v) is 6.70. The largest absolute Gasteiger partial charge is 0.461 e. The molecule has 128 valence electrons. The standard InChI is InChI=1S/C20H20N2O3/c1-12-8-14-9-13(5-6-18(14)25-12)20(24)22-19(15-10-16(23)11-15)17-4-2-3-7-21-17/h2-9,15-16,19,23H,10-11H2,1H3,(H,22,24)/t15?,16?,19-/m1/s1. The van der Waals surface area contributed by atoms with Gasteiger partial charge in [-0.3, -0.25) is 9.78 Å². The third-order valence-corrected chi connectivity index (χ3v) is 4.82. The van der Waals surface area contributed by atoms with E-state index in [1.165, 1.54) is 0 Å². The minimum absolute atomic E-state index is 0.141. The van der Waals surface area contributed by atoms with Crippen molar-refractivity contribution >= 4 is 16.9 Å². The Labute approximate surface area is 145 Å². The fourth-order valence-electron chi connectivity index (χ4n) is 3.44. The summed E-state index contributed by atoms with van der Waals surface area (Å²) < 4.78 is 5.56. The zero-order valence-electron chi connectivity index (χ0n) is 14.0. The summed E-state index contributed by atoms with van der Waals surface area (Å²) in [6.45, 7) is 1.89. The van der Waals surface area contributed by atoms with Gasteiger partial charge in [-0.25, -0.2) is 0 Å². The van der Waals surface area contributed by atoms with Crippen LogP contribution in [0.25, 0.3) is 11.0 Å². The first-order chi connectivity index (χ1) is 12.1. The molecule has 1 amide bonds. The SMILES string of the molecule is Cc1cc2cc(C(=O)N[C@@H](c3ccccn3)C3CC(O)C3)ccc2o1. The highest BCUT2D eigenvalue weighted by atomic mass is 16.3. The van der Waals surface area contributed by atoms with E-state index in [-0.39, 0.29) is 24.0 Å². The van der Waals surface area contributed by atoms with Crippen LogP contribution >= 0.6 is 0 Å². The van der Waals surface area contributed by atoms with E-state index in [0.29, 0.717) is 18.4 Å². The summed E-state index contributed by atoms with van der Waals surface area (Å²) in [4.78, 5) is 17.2. The minimum atomic E-state index is -0.279. The van der Waals surface area contributed by atoms with E-state index in [0.717, 1.165) is 22.4 Å². The van der Waals surface area contributed by atoms with E-state index in [1.54, 1.807) is 12.3 Å². The number of nitrogens with zero attached hydrogens (tertiary/aromatic N) is 1. The molecule has 1 atom stereocenters. The Balaban J connectivity index is 1.58. The molecule has 1 aliphatic carbocycles. The van der Waals surface area contributed by atoms with Crippen LogP contribution in [0.2, 0.25) is 0 Å². The zero-order valence-corrected chi connectivity index (χ0v) is 14.0. The Morgan fingerprint density at radius 1 is 1.28 bits per heavy atom. The lowest BCUT2D eigenvalue weighted by Gasteiger charge is -2.37. The molecule has 1 saturated carbocycles. The summed E-state index contributed by atoms with van der Waals surface area (Å²) in [5, 5.41) is 13.7. The molecule has 2 heterocycles. The molecule has 5 heteroatoms. The number of fused-ring (bicyclic) bond motifs is 1. The number of aryl methyl sites for hydroxylation is 1. The van der Waals surface area contributed by atoms with Crippen molar-refractivity contribution in [3.8, 4) is 0 Å². The molecule has 0 spiro atoms. The Bertz CT molecular complexity index is 898. The monoisotopic (exact) mass is 336 g/mol. The normalized spacial score (nSPS) is 20.9. The summed E-state index contributed by atoms with van der Waals surface area (Å²) in [6.07, 6.45) is 2.81. The topological polar surface area (TPSA) is 75.4 Å². The van der Waals surface area contributed by atoms with Crippen molar-refractivity contribution in [1.29, 1.82) is 0 Å². The van der Waals surface area contributed by atoms with Crippen molar-refractivity contribution in [3.05, 3.63) is 65.7 Å². The Morgan fingerprint density at radius 2 is 2.12 bits per heavy atom.